The highest BCUT2D eigenvalue weighted by atomic mass is 32.2. The minimum Gasteiger partial charge on any atom is -0.381 e. The Morgan fingerprint density at radius 3 is 2.69 bits per heavy atom. The van der Waals surface area contributed by atoms with E-state index in [2.05, 4.69) is 15.2 Å². The average molecular weight is 381 g/mol. The Hall–Kier alpha value is -1.71. The molecule has 4 rings (SSSR count). The van der Waals surface area contributed by atoms with E-state index in [-0.39, 0.29) is 23.1 Å². The fraction of sp³-hybridized carbons (Fsp3) is 0.647. The quantitative estimate of drug-likeness (QED) is 0.723. The molecule has 3 atom stereocenters. The van der Waals surface area contributed by atoms with Crippen molar-refractivity contribution in [2.45, 2.75) is 30.2 Å². The largest absolute Gasteiger partial charge is 0.381 e. The van der Waals surface area contributed by atoms with Gasteiger partial charge < -0.3 is 15.0 Å². The molecular weight excluding hydrogens is 358 g/mol. The van der Waals surface area contributed by atoms with Crippen molar-refractivity contribution in [3.8, 4) is 0 Å². The highest BCUT2D eigenvalue weighted by Gasteiger charge is 2.53. The molecule has 0 unspecified atom stereocenters. The van der Waals surface area contributed by atoms with Crippen molar-refractivity contribution in [1.29, 1.82) is 0 Å². The number of ether oxygens (including phenoxy) is 1. The number of H-pyrrole nitrogens is 1. The Kier molecular flexibility index (Phi) is 4.62. The van der Waals surface area contributed by atoms with E-state index < -0.39 is 21.1 Å². The summed E-state index contributed by atoms with van der Waals surface area (Å²) in [6.07, 6.45) is 3.20. The SMILES string of the molecule is O=C(N[C@@H]1CS(=O)(=O)[C@H]2CN(C3CCOCC3)C[C@@H]12)c1ccc(=O)[nH]c1. The van der Waals surface area contributed by atoms with Gasteiger partial charge >= 0.3 is 0 Å². The minimum absolute atomic E-state index is 0.0148. The van der Waals surface area contributed by atoms with E-state index in [9.17, 15) is 18.0 Å². The van der Waals surface area contributed by atoms with Gasteiger partial charge in [-0.05, 0) is 18.9 Å². The molecule has 1 amide bonds. The number of fused-ring (bicyclic) bond motifs is 1. The molecule has 8 nitrogen and oxygen atoms in total. The molecule has 1 aromatic heterocycles. The molecule has 0 radical (unpaired) electrons. The smallest absolute Gasteiger partial charge is 0.253 e. The lowest BCUT2D eigenvalue weighted by molar-refractivity contribution is 0.0406. The van der Waals surface area contributed by atoms with Crippen LogP contribution in [0.4, 0.5) is 0 Å². The predicted octanol–water partition coefficient (Wildman–Crippen LogP) is -0.619. The Labute approximate surface area is 151 Å². The van der Waals surface area contributed by atoms with Crippen molar-refractivity contribution in [1.82, 2.24) is 15.2 Å². The maximum absolute atomic E-state index is 12.6. The van der Waals surface area contributed by atoms with Crippen molar-refractivity contribution < 1.29 is 17.9 Å². The van der Waals surface area contributed by atoms with E-state index in [1.165, 1.54) is 18.3 Å². The number of aromatic amines is 1. The summed E-state index contributed by atoms with van der Waals surface area (Å²) in [5.41, 5.74) is 0.0395. The number of sulfone groups is 1. The van der Waals surface area contributed by atoms with E-state index in [1.807, 2.05) is 0 Å². The normalized spacial score (nSPS) is 31.6. The summed E-state index contributed by atoms with van der Waals surface area (Å²) in [6.45, 7) is 2.67. The van der Waals surface area contributed by atoms with E-state index in [1.54, 1.807) is 0 Å². The first kappa shape index (κ1) is 17.7. The molecule has 26 heavy (non-hydrogen) atoms. The van der Waals surface area contributed by atoms with Gasteiger partial charge in [0.15, 0.2) is 9.84 Å². The number of pyridine rings is 1. The maximum atomic E-state index is 12.6. The molecule has 3 saturated heterocycles. The fourth-order valence-electron chi connectivity index (χ4n) is 4.39. The number of likely N-dealkylation sites (tertiary alicyclic amines) is 1. The zero-order valence-electron chi connectivity index (χ0n) is 14.4. The molecule has 0 bridgehead atoms. The third-order valence-corrected chi connectivity index (χ3v) is 8.04. The van der Waals surface area contributed by atoms with Crippen LogP contribution in [0.2, 0.25) is 0 Å². The second-order valence-electron chi connectivity index (χ2n) is 7.35. The van der Waals surface area contributed by atoms with Crippen molar-refractivity contribution in [2.24, 2.45) is 5.92 Å². The zero-order chi connectivity index (χ0) is 18.3. The molecule has 0 aliphatic carbocycles. The fourth-order valence-corrected chi connectivity index (χ4v) is 6.70. The monoisotopic (exact) mass is 381 g/mol. The zero-order valence-corrected chi connectivity index (χ0v) is 15.2. The summed E-state index contributed by atoms with van der Waals surface area (Å²) >= 11 is 0. The van der Waals surface area contributed by atoms with Gasteiger partial charge in [0, 0.05) is 56.6 Å². The predicted molar refractivity (Wildman–Crippen MR) is 94.8 cm³/mol. The summed E-state index contributed by atoms with van der Waals surface area (Å²) < 4.78 is 30.6. The molecule has 1 aromatic rings. The number of carbonyl (C=O) groups excluding carboxylic acids is 1. The van der Waals surface area contributed by atoms with Gasteiger partial charge in [0.1, 0.15) is 0 Å². The number of rotatable bonds is 3. The van der Waals surface area contributed by atoms with E-state index >= 15 is 0 Å². The van der Waals surface area contributed by atoms with E-state index in [0.29, 0.717) is 24.7 Å². The van der Waals surface area contributed by atoms with Gasteiger partial charge in [-0.3, -0.25) is 14.5 Å². The minimum atomic E-state index is -3.22. The number of carbonyl (C=O) groups is 1. The summed E-state index contributed by atoms with van der Waals surface area (Å²) in [6, 6.07) is 2.69. The van der Waals surface area contributed by atoms with Gasteiger partial charge in [0.25, 0.3) is 5.91 Å². The lowest BCUT2D eigenvalue weighted by Crippen LogP contribution is -2.44. The molecular formula is C17H23N3O5S. The highest BCUT2D eigenvalue weighted by Crippen LogP contribution is 2.36. The van der Waals surface area contributed by atoms with Crippen LogP contribution in [0.1, 0.15) is 23.2 Å². The number of nitrogens with one attached hydrogen (secondary N) is 2. The standard InChI is InChI=1S/C17H23N3O5S/c21-16-2-1-11(7-18-16)17(22)19-14-10-26(23,24)15-9-20(8-13(14)15)12-3-5-25-6-4-12/h1-2,7,12-15H,3-6,8-10H2,(H,18,21)(H,19,22)/t13-,14+,15-/m0/s1. The maximum Gasteiger partial charge on any atom is 0.253 e. The van der Waals surface area contributed by atoms with Crippen LogP contribution in [-0.4, -0.2) is 73.6 Å². The first-order valence-electron chi connectivity index (χ1n) is 8.97. The van der Waals surface area contributed by atoms with Crippen molar-refractivity contribution in [3.63, 3.8) is 0 Å². The van der Waals surface area contributed by atoms with Gasteiger partial charge in [-0.15, -0.1) is 0 Å². The highest BCUT2D eigenvalue weighted by molar-refractivity contribution is 7.92. The third kappa shape index (κ3) is 3.30. The third-order valence-electron chi connectivity index (χ3n) is 5.80. The molecule has 0 spiro atoms. The van der Waals surface area contributed by atoms with Gasteiger partial charge in [-0.1, -0.05) is 0 Å². The summed E-state index contributed by atoms with van der Waals surface area (Å²) in [4.78, 5) is 28.3. The molecule has 2 N–H and O–H groups in total. The molecule has 9 heteroatoms. The first-order chi connectivity index (χ1) is 12.4. The summed E-state index contributed by atoms with van der Waals surface area (Å²) in [5, 5.41) is 2.46. The van der Waals surface area contributed by atoms with Crippen LogP contribution in [-0.2, 0) is 14.6 Å². The van der Waals surface area contributed by atoms with Crippen LogP contribution in [0.15, 0.2) is 23.1 Å². The lowest BCUT2D eigenvalue weighted by Gasteiger charge is -2.32. The summed E-state index contributed by atoms with van der Waals surface area (Å²) in [5.74, 6) is -0.458. The van der Waals surface area contributed by atoms with Crippen molar-refractivity contribution in [2.75, 3.05) is 32.1 Å². The molecule has 3 aliphatic rings. The van der Waals surface area contributed by atoms with Crippen LogP contribution in [0, 0.1) is 5.92 Å². The summed E-state index contributed by atoms with van der Waals surface area (Å²) in [7, 11) is -3.22. The van der Waals surface area contributed by atoms with Crippen LogP contribution >= 0.6 is 0 Å². The Morgan fingerprint density at radius 1 is 1.23 bits per heavy atom. The number of hydrogen-bond acceptors (Lipinski definition) is 6. The topological polar surface area (TPSA) is 109 Å². The molecule has 3 fully saturated rings. The van der Waals surface area contributed by atoms with E-state index in [4.69, 9.17) is 4.74 Å². The van der Waals surface area contributed by atoms with Gasteiger partial charge in [-0.2, -0.15) is 0 Å². The van der Waals surface area contributed by atoms with Crippen LogP contribution in [0.3, 0.4) is 0 Å². The van der Waals surface area contributed by atoms with Crippen molar-refractivity contribution in [3.05, 3.63) is 34.2 Å². The molecule has 3 aliphatic heterocycles. The Bertz CT molecular complexity index is 826. The van der Waals surface area contributed by atoms with E-state index in [0.717, 1.165) is 26.1 Å². The van der Waals surface area contributed by atoms with Crippen LogP contribution in [0.5, 0.6) is 0 Å². The second-order valence-corrected chi connectivity index (χ2v) is 9.62. The first-order valence-corrected chi connectivity index (χ1v) is 10.7. The van der Waals surface area contributed by atoms with Crippen LogP contribution in [0.25, 0.3) is 0 Å². The van der Waals surface area contributed by atoms with Crippen LogP contribution < -0.4 is 10.9 Å². The Balaban J connectivity index is 1.48. The molecule has 4 heterocycles. The Morgan fingerprint density at radius 2 is 2.00 bits per heavy atom. The van der Waals surface area contributed by atoms with Gasteiger partial charge in [0.05, 0.1) is 16.6 Å². The molecule has 142 valence electrons. The van der Waals surface area contributed by atoms with Crippen molar-refractivity contribution >= 4 is 15.7 Å². The van der Waals surface area contributed by atoms with Gasteiger partial charge in [0.2, 0.25) is 5.56 Å². The number of amides is 1. The average Bonchev–Trinajstić information content (AvgIpc) is 3.17. The second kappa shape index (κ2) is 6.79. The number of hydrogen-bond donors (Lipinski definition) is 2. The number of nitrogens with zero attached hydrogens (tertiary/aromatic N) is 1. The molecule has 0 aromatic carbocycles. The molecule has 0 saturated carbocycles. The van der Waals surface area contributed by atoms with Gasteiger partial charge in [-0.25, -0.2) is 8.42 Å². The number of aromatic nitrogens is 1. The lowest BCUT2D eigenvalue weighted by atomic mass is 10.00.